The van der Waals surface area contributed by atoms with Crippen LogP contribution in [0, 0.1) is 13.8 Å². The second kappa shape index (κ2) is 5.71. The third kappa shape index (κ3) is 3.45. The molecule has 19 heavy (non-hydrogen) atoms. The number of carbonyl (C=O) groups is 1. The average molecular weight is 263 g/mol. The van der Waals surface area contributed by atoms with Gasteiger partial charge in [-0.1, -0.05) is 0 Å². The lowest BCUT2D eigenvalue weighted by Crippen LogP contribution is -2.19. The molecule has 2 heterocycles. The van der Waals surface area contributed by atoms with Gasteiger partial charge in [0.25, 0.3) is 0 Å². The maximum atomic E-state index is 10.8. The summed E-state index contributed by atoms with van der Waals surface area (Å²) in [5.74, 6) is -0.418. The minimum absolute atomic E-state index is 0.0167. The molecule has 2 N–H and O–H groups in total. The molecule has 6 nitrogen and oxygen atoms in total. The average Bonchev–Trinajstić information content (AvgIpc) is 2.92. The molecule has 6 heteroatoms. The number of aromatic carboxylic acids is 1. The van der Waals surface area contributed by atoms with Crippen molar-refractivity contribution in [2.24, 2.45) is 0 Å². The number of hydrogen-bond donors (Lipinski definition) is 2. The third-order valence-corrected chi connectivity index (χ3v) is 2.83. The van der Waals surface area contributed by atoms with Gasteiger partial charge in [0.1, 0.15) is 5.76 Å². The first kappa shape index (κ1) is 13.4. The molecule has 0 spiro atoms. The van der Waals surface area contributed by atoms with E-state index in [0.29, 0.717) is 12.3 Å². The van der Waals surface area contributed by atoms with Gasteiger partial charge in [-0.3, -0.25) is 4.68 Å². The third-order valence-electron chi connectivity index (χ3n) is 2.83. The highest BCUT2D eigenvalue weighted by atomic mass is 16.4. The van der Waals surface area contributed by atoms with Gasteiger partial charge in [0.2, 0.25) is 5.76 Å². The quantitative estimate of drug-likeness (QED) is 0.773. The van der Waals surface area contributed by atoms with Crippen molar-refractivity contribution in [3.63, 3.8) is 0 Å². The van der Waals surface area contributed by atoms with Crippen molar-refractivity contribution in [1.29, 1.82) is 0 Å². The van der Waals surface area contributed by atoms with Crippen LogP contribution in [0.3, 0.4) is 0 Å². The van der Waals surface area contributed by atoms with E-state index in [1.165, 1.54) is 0 Å². The minimum atomic E-state index is -1.04. The Balaban J connectivity index is 1.81. The second-order valence-electron chi connectivity index (χ2n) is 4.45. The van der Waals surface area contributed by atoms with Crippen molar-refractivity contribution in [2.75, 3.05) is 6.54 Å². The highest BCUT2D eigenvalue weighted by Crippen LogP contribution is 2.14. The molecule has 0 bridgehead atoms. The van der Waals surface area contributed by atoms with Gasteiger partial charge < -0.3 is 14.8 Å². The molecule has 0 aliphatic heterocycles. The van der Waals surface area contributed by atoms with Crippen LogP contribution in [0.5, 0.6) is 0 Å². The van der Waals surface area contributed by atoms with Crippen LogP contribution in [0.1, 0.15) is 27.4 Å². The Labute approximate surface area is 111 Å². The summed E-state index contributed by atoms with van der Waals surface area (Å²) in [6.07, 6.45) is 3.80. The summed E-state index contributed by atoms with van der Waals surface area (Å²) in [7, 11) is 0. The van der Waals surface area contributed by atoms with Gasteiger partial charge in [0.05, 0.1) is 12.7 Å². The second-order valence-corrected chi connectivity index (χ2v) is 4.45. The maximum Gasteiger partial charge on any atom is 0.371 e. The van der Waals surface area contributed by atoms with Crippen LogP contribution in [-0.2, 0) is 13.1 Å². The van der Waals surface area contributed by atoms with Gasteiger partial charge >= 0.3 is 5.97 Å². The molecule has 0 radical (unpaired) electrons. The Morgan fingerprint density at radius 3 is 2.89 bits per heavy atom. The fourth-order valence-electron chi connectivity index (χ4n) is 1.81. The van der Waals surface area contributed by atoms with E-state index in [1.54, 1.807) is 13.0 Å². The smallest absolute Gasteiger partial charge is 0.371 e. The molecule has 0 aromatic carbocycles. The van der Waals surface area contributed by atoms with E-state index in [1.807, 2.05) is 24.0 Å². The van der Waals surface area contributed by atoms with Crippen molar-refractivity contribution in [2.45, 2.75) is 26.9 Å². The molecule has 2 aromatic rings. The Kier molecular flexibility index (Phi) is 4.01. The number of carboxylic acid groups (broad SMARTS) is 1. The summed E-state index contributed by atoms with van der Waals surface area (Å²) < 4.78 is 7.01. The largest absolute Gasteiger partial charge is 0.475 e. The normalized spacial score (nSPS) is 10.8. The number of aromatic nitrogens is 2. The molecule has 0 amide bonds. The van der Waals surface area contributed by atoms with Crippen molar-refractivity contribution < 1.29 is 14.3 Å². The van der Waals surface area contributed by atoms with Crippen molar-refractivity contribution in [1.82, 2.24) is 15.1 Å². The number of hydrogen-bond acceptors (Lipinski definition) is 4. The number of carboxylic acids is 1. The predicted octanol–water partition coefficient (Wildman–Crippen LogP) is 1.58. The number of rotatable bonds is 6. The van der Waals surface area contributed by atoms with Crippen LogP contribution in [0.25, 0.3) is 0 Å². The lowest BCUT2D eigenvalue weighted by Gasteiger charge is -2.04. The summed E-state index contributed by atoms with van der Waals surface area (Å²) in [6, 6.07) is 1.56. The van der Waals surface area contributed by atoms with E-state index in [4.69, 9.17) is 9.52 Å². The summed E-state index contributed by atoms with van der Waals surface area (Å²) in [5.41, 5.74) is 2.01. The molecule has 0 unspecified atom stereocenters. The van der Waals surface area contributed by atoms with Gasteiger partial charge in [-0.05, 0) is 25.5 Å². The van der Waals surface area contributed by atoms with Crippen LogP contribution in [-0.4, -0.2) is 27.4 Å². The Bertz CT molecular complexity index is 571. The van der Waals surface area contributed by atoms with Gasteiger partial charge in [-0.2, -0.15) is 5.10 Å². The molecule has 0 atom stereocenters. The molecular formula is C13H17N3O3. The lowest BCUT2D eigenvalue weighted by atomic mass is 10.2. The van der Waals surface area contributed by atoms with E-state index >= 15 is 0 Å². The Morgan fingerprint density at radius 1 is 1.53 bits per heavy atom. The van der Waals surface area contributed by atoms with Crippen molar-refractivity contribution in [3.8, 4) is 0 Å². The molecule has 0 saturated heterocycles. The zero-order valence-electron chi connectivity index (χ0n) is 11.0. The van der Waals surface area contributed by atoms with E-state index in [9.17, 15) is 4.79 Å². The fraction of sp³-hybridized carbons (Fsp3) is 0.385. The first-order valence-electron chi connectivity index (χ1n) is 6.08. The molecule has 0 fully saturated rings. The zero-order chi connectivity index (χ0) is 13.8. The molecule has 0 aliphatic carbocycles. The molecule has 0 aliphatic rings. The standard InChI is InChI=1S/C13H17N3O3/c1-9-6-15-16(8-9)4-3-14-7-11-5-12(13(17)18)19-10(11)2/h5-6,8,14H,3-4,7H2,1-2H3,(H,17,18). The van der Waals surface area contributed by atoms with E-state index in [2.05, 4.69) is 10.4 Å². The minimum Gasteiger partial charge on any atom is -0.475 e. The number of nitrogens with one attached hydrogen (secondary N) is 1. The van der Waals surface area contributed by atoms with Crippen molar-refractivity contribution >= 4 is 5.97 Å². The van der Waals surface area contributed by atoms with Gasteiger partial charge in [-0.15, -0.1) is 0 Å². The molecule has 2 rings (SSSR count). The van der Waals surface area contributed by atoms with Crippen LogP contribution in [0.2, 0.25) is 0 Å². The van der Waals surface area contributed by atoms with Gasteiger partial charge in [-0.25, -0.2) is 4.79 Å². The monoisotopic (exact) mass is 263 g/mol. The van der Waals surface area contributed by atoms with Crippen LogP contribution >= 0.6 is 0 Å². The summed E-state index contributed by atoms with van der Waals surface area (Å²) >= 11 is 0. The number of furan rings is 1. The number of aryl methyl sites for hydroxylation is 2. The van der Waals surface area contributed by atoms with Crippen LogP contribution in [0.4, 0.5) is 0 Å². The van der Waals surface area contributed by atoms with E-state index < -0.39 is 5.97 Å². The lowest BCUT2D eigenvalue weighted by molar-refractivity contribution is 0.0661. The first-order chi connectivity index (χ1) is 9.06. The fourth-order valence-corrected chi connectivity index (χ4v) is 1.81. The SMILES string of the molecule is Cc1cnn(CCNCc2cc(C(=O)O)oc2C)c1. The molecule has 102 valence electrons. The van der Waals surface area contributed by atoms with Crippen LogP contribution in [0.15, 0.2) is 22.9 Å². The summed E-state index contributed by atoms with van der Waals surface area (Å²) in [6.45, 7) is 5.88. The van der Waals surface area contributed by atoms with Crippen molar-refractivity contribution in [3.05, 3.63) is 41.1 Å². The Morgan fingerprint density at radius 2 is 2.32 bits per heavy atom. The molecule has 2 aromatic heterocycles. The highest BCUT2D eigenvalue weighted by molar-refractivity contribution is 5.84. The molecular weight excluding hydrogens is 246 g/mol. The van der Waals surface area contributed by atoms with E-state index in [0.717, 1.165) is 24.2 Å². The van der Waals surface area contributed by atoms with Gasteiger partial charge in [0, 0.05) is 24.8 Å². The maximum absolute atomic E-state index is 10.8. The predicted molar refractivity (Wildman–Crippen MR) is 69.1 cm³/mol. The number of nitrogens with zero attached hydrogens (tertiary/aromatic N) is 2. The van der Waals surface area contributed by atoms with E-state index in [-0.39, 0.29) is 5.76 Å². The first-order valence-corrected chi connectivity index (χ1v) is 6.08. The van der Waals surface area contributed by atoms with Gasteiger partial charge in [0.15, 0.2) is 0 Å². The summed E-state index contributed by atoms with van der Waals surface area (Å²) in [5, 5.41) is 16.2. The van der Waals surface area contributed by atoms with Crippen LogP contribution < -0.4 is 5.32 Å². The topological polar surface area (TPSA) is 80.3 Å². The molecule has 0 saturated carbocycles. The summed E-state index contributed by atoms with van der Waals surface area (Å²) in [4.78, 5) is 10.8. The highest BCUT2D eigenvalue weighted by Gasteiger charge is 2.12. The zero-order valence-corrected chi connectivity index (χ0v) is 11.0. The Hall–Kier alpha value is -2.08.